The number of aromatic nitrogens is 2. The average molecular weight is 757 g/mol. The monoisotopic (exact) mass is 754 g/mol. The summed E-state index contributed by atoms with van der Waals surface area (Å²) >= 11 is 1.74. The van der Waals surface area contributed by atoms with E-state index >= 15 is 0 Å². The van der Waals surface area contributed by atoms with Gasteiger partial charge in [-0.15, -0.1) is 69.1 Å². The minimum Gasteiger partial charge on any atom is -1.00 e. The molecule has 0 bridgehead atoms. The first-order chi connectivity index (χ1) is 22.6. The van der Waals surface area contributed by atoms with Crippen LogP contribution in [0.25, 0.3) is 66.3 Å². The van der Waals surface area contributed by atoms with E-state index in [4.69, 9.17) is 0 Å². The Bertz CT molecular complexity index is 2020. The smallest absolute Gasteiger partial charge is 0.0627 e. The second-order valence-electron chi connectivity index (χ2n) is 11.3. The zero-order valence-corrected chi connectivity index (χ0v) is 31.8. The molecule has 0 saturated carbocycles. The minimum absolute atomic E-state index is 0. The van der Waals surface area contributed by atoms with E-state index in [1.54, 1.807) is 23.3 Å². The fourth-order valence-corrected chi connectivity index (χ4v) is 5.55. The molecule has 0 amide bonds. The fourth-order valence-electron chi connectivity index (χ4n) is 5.55. The number of pyridine rings is 2. The molecule has 48 heavy (non-hydrogen) atoms. The van der Waals surface area contributed by atoms with Crippen LogP contribution in [-0.2, 0) is 23.3 Å². The van der Waals surface area contributed by atoms with E-state index in [2.05, 4.69) is 144 Å². The van der Waals surface area contributed by atoms with E-state index in [1.165, 1.54) is 54.9 Å². The molecule has 0 aliphatic carbocycles. The molecule has 0 spiro atoms. The van der Waals surface area contributed by atoms with Gasteiger partial charge in [0.25, 0.3) is 0 Å². The van der Waals surface area contributed by atoms with E-state index in [0.29, 0.717) is 0 Å². The molecule has 0 fully saturated rings. The molecule has 0 aliphatic rings. The molecule has 236 valence electrons. The number of benzene rings is 4. The van der Waals surface area contributed by atoms with Crippen molar-refractivity contribution in [3.05, 3.63) is 170 Å². The quantitative estimate of drug-likeness (QED) is 0.179. The van der Waals surface area contributed by atoms with Crippen LogP contribution in [-0.4, -0.2) is 15.4 Å². The third-order valence-electron chi connectivity index (χ3n) is 7.60. The van der Waals surface area contributed by atoms with Crippen molar-refractivity contribution >= 4 is 27.0 Å². The van der Waals surface area contributed by atoms with Gasteiger partial charge in [-0.1, -0.05) is 108 Å². The first-order valence-electron chi connectivity index (χ1n) is 15.4. The van der Waals surface area contributed by atoms with Gasteiger partial charge in [-0.2, -0.15) is 0 Å². The standard InChI is InChI=1S/2C20H14N.C2H6Si.2ClH.Zr/c2*1-2-7-15(8-3-1)17-13-16-9-6-10-18(19(16)14-17)20-11-4-5-12-21-20;1-3-2;;;/h2*1-14H;1-2H3;2*1H;/q2*-1;;;;+2/p-2. The predicted molar refractivity (Wildman–Crippen MR) is 194 cm³/mol. The molecule has 0 saturated heterocycles. The van der Waals surface area contributed by atoms with Crippen LogP contribution in [0.3, 0.4) is 0 Å². The normalized spacial score (nSPS) is 10.1. The van der Waals surface area contributed by atoms with Crippen LogP contribution < -0.4 is 24.8 Å². The SMILES string of the molecule is C[Si](C)=[Zr+2].[Cl-].[Cl-].c1ccc(-c2cc3c(-c4ccccn4)cccc3[cH-]2)cc1.c1ccc(-c2cc3c(-c4ccccn4)cccc3[cH-]2)cc1. The van der Waals surface area contributed by atoms with Gasteiger partial charge >= 0.3 is 41.9 Å². The zero-order valence-electron chi connectivity index (χ0n) is 26.8. The molecule has 8 rings (SSSR count). The summed E-state index contributed by atoms with van der Waals surface area (Å²) in [6.45, 7) is 4.62. The molecule has 6 aromatic carbocycles. The van der Waals surface area contributed by atoms with Crippen LogP contribution in [0.4, 0.5) is 0 Å². The van der Waals surface area contributed by atoms with Crippen molar-refractivity contribution in [3.63, 3.8) is 0 Å². The van der Waals surface area contributed by atoms with Crippen LogP contribution in [0.5, 0.6) is 0 Å². The molecule has 0 N–H and O–H groups in total. The predicted octanol–water partition coefficient (Wildman–Crippen LogP) is 5.37. The van der Waals surface area contributed by atoms with Gasteiger partial charge in [0.15, 0.2) is 0 Å². The summed E-state index contributed by atoms with van der Waals surface area (Å²) in [6.07, 6.45) is 3.68. The first kappa shape index (κ1) is 36.9. The van der Waals surface area contributed by atoms with Gasteiger partial charge < -0.3 is 24.8 Å². The molecule has 0 atom stereocenters. The van der Waals surface area contributed by atoms with Crippen LogP contribution in [0, 0.1) is 0 Å². The molecule has 8 aromatic rings. The third kappa shape index (κ3) is 9.15. The number of nitrogens with zero attached hydrogens (tertiary/aromatic N) is 2. The maximum Gasteiger partial charge on any atom is 0.0627 e. The van der Waals surface area contributed by atoms with Gasteiger partial charge in [0.2, 0.25) is 0 Å². The number of rotatable bonds is 4. The van der Waals surface area contributed by atoms with E-state index in [-0.39, 0.29) is 30.2 Å². The number of hydrogen-bond acceptors (Lipinski definition) is 2. The van der Waals surface area contributed by atoms with Gasteiger partial charge in [-0.05, 0) is 35.4 Å². The second kappa shape index (κ2) is 18.0. The fraction of sp³-hybridized carbons (Fsp3) is 0.0476. The van der Waals surface area contributed by atoms with Crippen molar-refractivity contribution in [1.29, 1.82) is 0 Å². The van der Waals surface area contributed by atoms with Crippen molar-refractivity contribution in [2.75, 3.05) is 0 Å². The van der Waals surface area contributed by atoms with E-state index in [1.807, 2.05) is 48.8 Å². The molecular weight excluding hydrogens is 723 g/mol. The Hall–Kier alpha value is -3.92. The molecule has 0 aliphatic heterocycles. The Morgan fingerprint density at radius 1 is 0.479 bits per heavy atom. The largest absolute Gasteiger partial charge is 1.00 e. The molecule has 0 radical (unpaired) electrons. The van der Waals surface area contributed by atoms with Crippen LogP contribution in [0.15, 0.2) is 170 Å². The Balaban J connectivity index is 0.000000188. The van der Waals surface area contributed by atoms with E-state index in [9.17, 15) is 0 Å². The summed E-state index contributed by atoms with van der Waals surface area (Å²) in [4.78, 5) is 8.96. The Morgan fingerprint density at radius 2 is 0.854 bits per heavy atom. The number of hydrogen-bond donors (Lipinski definition) is 0. The zero-order chi connectivity index (χ0) is 31.7. The molecule has 6 heteroatoms. The van der Waals surface area contributed by atoms with Crippen LogP contribution >= 0.6 is 0 Å². The summed E-state index contributed by atoms with van der Waals surface area (Å²) in [5.41, 5.74) is 9.65. The van der Waals surface area contributed by atoms with E-state index in [0.717, 1.165) is 11.4 Å². The van der Waals surface area contributed by atoms with Gasteiger partial charge in [0.1, 0.15) is 0 Å². The molecular formula is C42H34Cl2N2SiZr-2. The van der Waals surface area contributed by atoms with Gasteiger partial charge in [0.05, 0.1) is 11.4 Å². The molecule has 2 nitrogen and oxygen atoms in total. The Kier molecular flexibility index (Phi) is 13.8. The summed E-state index contributed by atoms with van der Waals surface area (Å²) in [6, 6.07) is 54.9. The van der Waals surface area contributed by atoms with Crippen molar-refractivity contribution in [3.8, 4) is 44.8 Å². The third-order valence-corrected chi connectivity index (χ3v) is 7.60. The van der Waals surface area contributed by atoms with Gasteiger partial charge in [0, 0.05) is 12.4 Å². The Morgan fingerprint density at radius 3 is 1.21 bits per heavy atom. The summed E-state index contributed by atoms with van der Waals surface area (Å²) in [5, 5.41) is 5.04. The summed E-state index contributed by atoms with van der Waals surface area (Å²) in [7, 11) is 0. The van der Waals surface area contributed by atoms with Crippen molar-refractivity contribution < 1.29 is 48.1 Å². The van der Waals surface area contributed by atoms with Gasteiger partial charge in [-0.25, -0.2) is 0 Å². The Labute approximate surface area is 310 Å². The van der Waals surface area contributed by atoms with Crippen LogP contribution in [0.1, 0.15) is 0 Å². The van der Waals surface area contributed by atoms with E-state index < -0.39 is 0 Å². The topological polar surface area (TPSA) is 25.8 Å². The first-order valence-corrected chi connectivity index (χ1v) is 21.6. The maximum atomic E-state index is 4.48. The molecule has 0 unspecified atom stereocenters. The minimum atomic E-state index is 0. The summed E-state index contributed by atoms with van der Waals surface area (Å²) < 4.78 is 0. The van der Waals surface area contributed by atoms with Crippen molar-refractivity contribution in [2.45, 2.75) is 13.1 Å². The number of fused-ring (bicyclic) bond motifs is 2. The number of halogens is 2. The van der Waals surface area contributed by atoms with Crippen molar-refractivity contribution in [1.82, 2.24) is 9.97 Å². The molecule has 2 aromatic heterocycles. The average Bonchev–Trinajstić information content (AvgIpc) is 3.75. The molecule has 2 heterocycles. The van der Waals surface area contributed by atoms with Gasteiger partial charge in [-0.3, -0.25) is 9.97 Å². The van der Waals surface area contributed by atoms with Crippen LogP contribution in [0.2, 0.25) is 13.1 Å². The van der Waals surface area contributed by atoms with Crippen molar-refractivity contribution in [2.24, 2.45) is 0 Å². The summed E-state index contributed by atoms with van der Waals surface area (Å²) in [5.74, 6) is 0. The second-order valence-corrected chi connectivity index (χ2v) is 20.6. The maximum absolute atomic E-state index is 4.48.